The number of benzene rings is 3. The minimum atomic E-state index is -0.400. The van der Waals surface area contributed by atoms with Gasteiger partial charge < -0.3 is 15.4 Å². The van der Waals surface area contributed by atoms with Crippen molar-refractivity contribution in [2.24, 2.45) is 0 Å². The van der Waals surface area contributed by atoms with Crippen molar-refractivity contribution in [2.75, 3.05) is 17.7 Å². The average molecular weight is 429 g/mol. The van der Waals surface area contributed by atoms with Gasteiger partial charge in [-0.25, -0.2) is 0 Å². The van der Waals surface area contributed by atoms with E-state index in [0.717, 1.165) is 5.56 Å². The number of hydrogen-bond acceptors (Lipinski definition) is 3. The number of hydrogen-bond donors (Lipinski definition) is 2. The van der Waals surface area contributed by atoms with E-state index in [-0.39, 0.29) is 5.91 Å². The van der Waals surface area contributed by atoms with Crippen LogP contribution in [0.4, 0.5) is 11.4 Å². The van der Waals surface area contributed by atoms with Crippen molar-refractivity contribution in [3.05, 3.63) is 87.4 Å². The summed E-state index contributed by atoms with van der Waals surface area (Å²) < 4.78 is 5.31. The topological polar surface area (TPSA) is 67.4 Å². The highest BCUT2D eigenvalue weighted by atomic mass is 35.5. The summed E-state index contributed by atoms with van der Waals surface area (Å²) in [5.41, 5.74) is 2.57. The van der Waals surface area contributed by atoms with E-state index >= 15 is 0 Å². The highest BCUT2D eigenvalue weighted by Gasteiger charge is 2.15. The molecule has 0 aliphatic carbocycles. The summed E-state index contributed by atoms with van der Waals surface area (Å²) in [6.45, 7) is 1.91. The molecule has 0 spiro atoms. The van der Waals surface area contributed by atoms with Gasteiger partial charge in [0, 0.05) is 16.1 Å². The molecule has 148 valence electrons. The van der Waals surface area contributed by atoms with E-state index in [1.165, 1.54) is 7.11 Å². The van der Waals surface area contributed by atoms with Crippen LogP contribution in [-0.2, 0) is 0 Å². The number of carbonyl (C=O) groups excluding carboxylic acids is 2. The number of nitrogens with one attached hydrogen (secondary N) is 2. The number of rotatable bonds is 5. The lowest BCUT2D eigenvalue weighted by molar-refractivity contribution is 0.101. The Hall–Kier alpha value is -3.02. The monoisotopic (exact) mass is 428 g/mol. The molecule has 0 aliphatic rings. The Balaban J connectivity index is 1.85. The van der Waals surface area contributed by atoms with Gasteiger partial charge in [-0.15, -0.1) is 0 Å². The largest absolute Gasteiger partial charge is 0.495 e. The Labute approximate surface area is 178 Å². The molecule has 3 aromatic rings. The van der Waals surface area contributed by atoms with Gasteiger partial charge in [-0.2, -0.15) is 0 Å². The molecule has 0 unspecified atom stereocenters. The van der Waals surface area contributed by atoms with Gasteiger partial charge in [-0.05, 0) is 55.5 Å². The van der Waals surface area contributed by atoms with Crippen LogP contribution in [0.3, 0.4) is 0 Å². The minimum absolute atomic E-state index is 0.303. The third kappa shape index (κ3) is 5.08. The molecular formula is C22H18Cl2N2O3. The number of amides is 2. The Kier molecular flexibility index (Phi) is 6.42. The first kappa shape index (κ1) is 20.7. The van der Waals surface area contributed by atoms with E-state index in [1.807, 2.05) is 13.0 Å². The molecule has 0 atom stereocenters. The zero-order chi connectivity index (χ0) is 21.0. The van der Waals surface area contributed by atoms with E-state index in [9.17, 15) is 9.59 Å². The lowest BCUT2D eigenvalue weighted by Crippen LogP contribution is -2.15. The van der Waals surface area contributed by atoms with Crippen molar-refractivity contribution in [1.29, 1.82) is 0 Å². The number of methoxy groups -OCH3 is 1. The van der Waals surface area contributed by atoms with Crippen LogP contribution in [-0.4, -0.2) is 18.9 Å². The number of halogens is 2. The second kappa shape index (κ2) is 8.99. The smallest absolute Gasteiger partial charge is 0.255 e. The van der Waals surface area contributed by atoms with Gasteiger partial charge in [-0.1, -0.05) is 40.9 Å². The molecule has 0 fully saturated rings. The van der Waals surface area contributed by atoms with Crippen molar-refractivity contribution in [1.82, 2.24) is 0 Å². The van der Waals surface area contributed by atoms with Crippen LogP contribution in [0.2, 0.25) is 10.0 Å². The summed E-state index contributed by atoms with van der Waals surface area (Å²) >= 11 is 12.1. The molecule has 2 N–H and O–H groups in total. The summed E-state index contributed by atoms with van der Waals surface area (Å²) in [6.07, 6.45) is 0. The summed E-state index contributed by atoms with van der Waals surface area (Å²) in [6, 6.07) is 16.7. The van der Waals surface area contributed by atoms with Crippen molar-refractivity contribution in [3.63, 3.8) is 0 Å². The number of ether oxygens (including phenoxy) is 1. The Morgan fingerprint density at radius 2 is 1.52 bits per heavy atom. The maximum Gasteiger partial charge on any atom is 0.255 e. The van der Waals surface area contributed by atoms with Crippen LogP contribution in [0.25, 0.3) is 0 Å². The fourth-order valence-corrected chi connectivity index (χ4v) is 3.05. The Morgan fingerprint density at radius 3 is 2.21 bits per heavy atom. The highest BCUT2D eigenvalue weighted by Crippen LogP contribution is 2.29. The normalized spacial score (nSPS) is 10.3. The lowest BCUT2D eigenvalue weighted by Gasteiger charge is -2.13. The lowest BCUT2D eigenvalue weighted by atomic mass is 10.1. The van der Waals surface area contributed by atoms with E-state index < -0.39 is 5.91 Å². The minimum Gasteiger partial charge on any atom is -0.495 e. The zero-order valence-corrected chi connectivity index (χ0v) is 17.3. The van der Waals surface area contributed by atoms with Crippen molar-refractivity contribution in [2.45, 2.75) is 6.92 Å². The number of anilines is 2. The molecular weight excluding hydrogens is 411 g/mol. The molecule has 3 rings (SSSR count). The molecule has 0 saturated carbocycles. The van der Waals surface area contributed by atoms with Gasteiger partial charge in [0.15, 0.2) is 0 Å². The Morgan fingerprint density at radius 1 is 0.828 bits per heavy atom. The summed E-state index contributed by atoms with van der Waals surface area (Å²) in [7, 11) is 1.49. The van der Waals surface area contributed by atoms with Crippen LogP contribution in [0.15, 0.2) is 60.7 Å². The van der Waals surface area contributed by atoms with Gasteiger partial charge in [0.2, 0.25) is 0 Å². The van der Waals surface area contributed by atoms with Crippen molar-refractivity contribution >= 4 is 46.4 Å². The molecule has 7 heteroatoms. The van der Waals surface area contributed by atoms with E-state index in [2.05, 4.69) is 10.6 Å². The number of aryl methyl sites for hydroxylation is 1. The molecule has 0 heterocycles. The standard InChI is InChI=1S/C22H18Cl2N2O3/c1-13-4-3-5-14(10-13)21(27)26-19-11-15(6-9-20(19)29-2)22(28)25-18-12-16(23)7-8-17(18)24/h3-12H,1-2H3,(H,25,28)(H,26,27). The first-order valence-corrected chi connectivity index (χ1v) is 9.45. The molecule has 0 saturated heterocycles. The van der Waals surface area contributed by atoms with Crippen molar-refractivity contribution in [3.8, 4) is 5.75 Å². The van der Waals surface area contributed by atoms with Gasteiger partial charge >= 0.3 is 0 Å². The van der Waals surface area contributed by atoms with Gasteiger partial charge in [-0.3, -0.25) is 9.59 Å². The SMILES string of the molecule is COc1ccc(C(=O)Nc2cc(Cl)ccc2Cl)cc1NC(=O)c1cccc(C)c1. The summed E-state index contributed by atoms with van der Waals surface area (Å²) in [5.74, 6) is -0.270. The van der Waals surface area contributed by atoms with Crippen LogP contribution in [0.1, 0.15) is 26.3 Å². The third-order valence-corrected chi connectivity index (χ3v) is 4.73. The van der Waals surface area contributed by atoms with Crippen LogP contribution in [0.5, 0.6) is 5.75 Å². The maximum absolute atomic E-state index is 12.7. The fourth-order valence-electron chi connectivity index (χ4n) is 2.72. The van der Waals surface area contributed by atoms with Gasteiger partial charge in [0.05, 0.1) is 23.5 Å². The molecule has 0 bridgehead atoms. The molecule has 0 aliphatic heterocycles. The predicted molar refractivity (Wildman–Crippen MR) is 117 cm³/mol. The van der Waals surface area contributed by atoms with E-state index in [4.69, 9.17) is 27.9 Å². The zero-order valence-electron chi connectivity index (χ0n) is 15.8. The van der Waals surface area contributed by atoms with Crippen LogP contribution >= 0.6 is 23.2 Å². The van der Waals surface area contributed by atoms with E-state index in [0.29, 0.717) is 38.3 Å². The van der Waals surface area contributed by atoms with Gasteiger partial charge in [0.25, 0.3) is 11.8 Å². The summed E-state index contributed by atoms with van der Waals surface area (Å²) in [4.78, 5) is 25.3. The molecule has 5 nitrogen and oxygen atoms in total. The molecule has 0 aromatic heterocycles. The molecule has 2 amide bonds. The second-order valence-corrected chi connectivity index (χ2v) is 7.16. The first-order chi connectivity index (χ1) is 13.9. The Bertz CT molecular complexity index is 1080. The second-order valence-electron chi connectivity index (χ2n) is 6.32. The van der Waals surface area contributed by atoms with E-state index in [1.54, 1.807) is 54.6 Å². The molecule has 3 aromatic carbocycles. The molecule has 29 heavy (non-hydrogen) atoms. The highest BCUT2D eigenvalue weighted by molar-refractivity contribution is 6.35. The quantitative estimate of drug-likeness (QED) is 0.538. The third-order valence-electron chi connectivity index (χ3n) is 4.17. The summed E-state index contributed by atoms with van der Waals surface area (Å²) in [5, 5.41) is 6.32. The van der Waals surface area contributed by atoms with Crippen LogP contribution < -0.4 is 15.4 Å². The van der Waals surface area contributed by atoms with Crippen LogP contribution in [0, 0.1) is 6.92 Å². The predicted octanol–water partition coefficient (Wildman–Crippen LogP) is 5.82. The molecule has 0 radical (unpaired) electrons. The van der Waals surface area contributed by atoms with Gasteiger partial charge in [0.1, 0.15) is 5.75 Å². The fraction of sp³-hybridized carbons (Fsp3) is 0.0909. The maximum atomic E-state index is 12.7. The average Bonchev–Trinajstić information content (AvgIpc) is 2.70. The number of carbonyl (C=O) groups is 2. The van der Waals surface area contributed by atoms with Crippen molar-refractivity contribution < 1.29 is 14.3 Å². The first-order valence-electron chi connectivity index (χ1n) is 8.70.